The van der Waals surface area contributed by atoms with Crippen molar-refractivity contribution in [3.05, 3.63) is 206 Å². The Bertz CT molecular complexity index is 3200. The smallest absolute Gasteiger partial charge is 0.235 e. The van der Waals surface area contributed by atoms with Crippen molar-refractivity contribution in [1.29, 1.82) is 0 Å². The van der Waals surface area contributed by atoms with E-state index in [1.165, 1.54) is 43.9 Å². The van der Waals surface area contributed by atoms with Crippen molar-refractivity contribution in [2.24, 2.45) is 0 Å². The minimum atomic E-state index is 0.638. The van der Waals surface area contributed by atoms with Gasteiger partial charge < -0.3 is 4.57 Å². The lowest BCUT2D eigenvalue weighted by Gasteiger charge is -2.12. The highest BCUT2D eigenvalue weighted by atomic mass is 15.2. The average Bonchev–Trinajstić information content (AvgIpc) is 3.80. The fourth-order valence-electron chi connectivity index (χ4n) is 8.35. The minimum Gasteiger partial charge on any atom is -0.309 e. The maximum atomic E-state index is 5.35. The zero-order valence-electron chi connectivity index (χ0n) is 30.4. The molecular weight excluding hydrogens is 681 g/mol. The van der Waals surface area contributed by atoms with Crippen LogP contribution in [0.5, 0.6) is 0 Å². The van der Waals surface area contributed by atoms with E-state index in [0.717, 1.165) is 50.1 Å². The first kappa shape index (κ1) is 31.9. The third-order valence-corrected chi connectivity index (χ3v) is 11.0. The minimum absolute atomic E-state index is 0.638. The highest BCUT2D eigenvalue weighted by Crippen LogP contribution is 2.42. The zero-order valence-corrected chi connectivity index (χ0v) is 30.4. The van der Waals surface area contributed by atoms with E-state index in [0.29, 0.717) is 5.95 Å². The number of para-hydroxylation sites is 2. The van der Waals surface area contributed by atoms with Gasteiger partial charge in [0, 0.05) is 38.4 Å². The fraction of sp³-hybridized carbons (Fsp3) is 0. The highest BCUT2D eigenvalue weighted by Gasteiger charge is 2.22. The zero-order chi connectivity index (χ0) is 37.0. The Morgan fingerprint density at radius 1 is 0.286 bits per heavy atom. The Morgan fingerprint density at radius 3 is 1.20 bits per heavy atom. The first-order valence-corrected chi connectivity index (χ1v) is 19.0. The summed E-state index contributed by atoms with van der Waals surface area (Å²) in [6.07, 6.45) is 0. The van der Waals surface area contributed by atoms with E-state index >= 15 is 0 Å². The van der Waals surface area contributed by atoms with Crippen molar-refractivity contribution in [3.63, 3.8) is 0 Å². The van der Waals surface area contributed by atoms with E-state index in [1.54, 1.807) is 0 Å². The average molecular weight is 715 g/mol. The molecule has 0 N–H and O–H groups in total. The number of hydrogen-bond acceptors (Lipinski definition) is 2. The van der Waals surface area contributed by atoms with Crippen LogP contribution in [0, 0.1) is 0 Å². The first-order valence-electron chi connectivity index (χ1n) is 19.0. The molecule has 0 aliphatic rings. The standard InChI is InChI=1S/C52H34N4/c1-4-14-35(15-5-1)37-24-26-40(27-25-37)45-34-44(39-18-8-3-9-19-39)53-52(54-45)56-47-23-13-11-21-43(47)51-49(56)33-32-48-50(51)42-20-10-12-22-46(42)55(48)41-30-28-38(29-31-41)36-16-6-2-7-17-36/h1-34H. The van der Waals surface area contributed by atoms with Crippen LogP contribution in [-0.4, -0.2) is 19.1 Å². The van der Waals surface area contributed by atoms with Crippen molar-refractivity contribution < 1.29 is 0 Å². The van der Waals surface area contributed by atoms with Gasteiger partial charge >= 0.3 is 0 Å². The van der Waals surface area contributed by atoms with E-state index in [9.17, 15) is 0 Å². The maximum Gasteiger partial charge on any atom is 0.235 e. The topological polar surface area (TPSA) is 35.6 Å². The molecule has 0 unspecified atom stereocenters. The Labute approximate surface area is 324 Å². The maximum absolute atomic E-state index is 5.35. The first-order chi connectivity index (χ1) is 27.8. The van der Waals surface area contributed by atoms with E-state index in [4.69, 9.17) is 9.97 Å². The molecule has 0 atom stereocenters. The molecule has 0 saturated carbocycles. The molecular formula is C52H34N4. The number of aromatic nitrogens is 4. The molecule has 11 rings (SSSR count). The third-order valence-electron chi connectivity index (χ3n) is 11.0. The highest BCUT2D eigenvalue weighted by molar-refractivity contribution is 6.28. The number of rotatable bonds is 6. The van der Waals surface area contributed by atoms with Gasteiger partial charge in [-0.15, -0.1) is 0 Å². The van der Waals surface area contributed by atoms with Gasteiger partial charge in [0.1, 0.15) is 0 Å². The molecule has 0 spiro atoms. The second-order valence-electron chi connectivity index (χ2n) is 14.2. The van der Waals surface area contributed by atoms with Gasteiger partial charge in [0.2, 0.25) is 5.95 Å². The van der Waals surface area contributed by atoms with Gasteiger partial charge in [-0.25, -0.2) is 9.97 Å². The summed E-state index contributed by atoms with van der Waals surface area (Å²) in [4.78, 5) is 10.7. The summed E-state index contributed by atoms with van der Waals surface area (Å²) < 4.78 is 4.65. The lowest BCUT2D eigenvalue weighted by molar-refractivity contribution is 0.996. The van der Waals surface area contributed by atoms with Gasteiger partial charge in [0.05, 0.1) is 33.5 Å². The molecule has 0 aliphatic carbocycles. The molecule has 0 radical (unpaired) electrons. The molecule has 4 nitrogen and oxygen atoms in total. The normalized spacial score (nSPS) is 11.6. The van der Waals surface area contributed by atoms with Crippen LogP contribution in [0.3, 0.4) is 0 Å². The number of nitrogens with zero attached hydrogens (tertiary/aromatic N) is 4. The summed E-state index contributed by atoms with van der Waals surface area (Å²) in [7, 11) is 0. The van der Waals surface area contributed by atoms with E-state index in [2.05, 4.69) is 203 Å². The third kappa shape index (κ3) is 5.23. The van der Waals surface area contributed by atoms with Crippen LogP contribution in [0.25, 0.3) is 100 Å². The molecule has 3 aromatic heterocycles. The molecule has 3 heterocycles. The Kier molecular flexibility index (Phi) is 7.46. The second kappa shape index (κ2) is 13.1. The van der Waals surface area contributed by atoms with Gasteiger partial charge in [0.15, 0.2) is 0 Å². The molecule has 11 aromatic rings. The number of hydrogen-bond donors (Lipinski definition) is 0. The van der Waals surface area contributed by atoms with Gasteiger partial charge in [-0.1, -0.05) is 164 Å². The van der Waals surface area contributed by atoms with Crippen molar-refractivity contribution >= 4 is 43.6 Å². The van der Waals surface area contributed by atoms with Gasteiger partial charge in [-0.3, -0.25) is 4.57 Å². The summed E-state index contributed by atoms with van der Waals surface area (Å²) in [5.74, 6) is 0.638. The summed E-state index contributed by atoms with van der Waals surface area (Å²) in [5, 5.41) is 4.78. The van der Waals surface area contributed by atoms with Crippen molar-refractivity contribution in [1.82, 2.24) is 19.1 Å². The van der Waals surface area contributed by atoms with Crippen LogP contribution < -0.4 is 0 Å². The summed E-state index contributed by atoms with van der Waals surface area (Å²) in [6.45, 7) is 0. The van der Waals surface area contributed by atoms with Crippen molar-refractivity contribution in [2.75, 3.05) is 0 Å². The molecule has 0 amide bonds. The lowest BCUT2D eigenvalue weighted by atomic mass is 10.0. The Balaban J connectivity index is 1.14. The van der Waals surface area contributed by atoms with Gasteiger partial charge in [0.25, 0.3) is 0 Å². The van der Waals surface area contributed by atoms with Crippen molar-refractivity contribution in [3.8, 4) is 56.4 Å². The SMILES string of the molecule is c1ccc(-c2ccc(-c3cc(-c4ccccc4)nc(-n4c5ccccc5c5c6c7ccccc7n(-c7ccc(-c8ccccc8)cc7)c6ccc54)n3)cc2)cc1. The predicted molar refractivity (Wildman–Crippen MR) is 232 cm³/mol. The Hall–Kier alpha value is -7.56. The summed E-state index contributed by atoms with van der Waals surface area (Å²) in [5.41, 5.74) is 14.2. The van der Waals surface area contributed by atoms with E-state index in [-0.39, 0.29) is 0 Å². The number of fused-ring (bicyclic) bond motifs is 7. The molecule has 262 valence electrons. The van der Waals surface area contributed by atoms with Crippen LogP contribution in [-0.2, 0) is 0 Å². The molecule has 56 heavy (non-hydrogen) atoms. The molecule has 4 heteroatoms. The van der Waals surface area contributed by atoms with Crippen molar-refractivity contribution in [2.45, 2.75) is 0 Å². The van der Waals surface area contributed by atoms with Gasteiger partial charge in [-0.2, -0.15) is 0 Å². The molecule has 0 aliphatic heterocycles. The van der Waals surface area contributed by atoms with Crippen LogP contribution in [0.15, 0.2) is 206 Å². The predicted octanol–water partition coefficient (Wildman–Crippen LogP) is 13.3. The van der Waals surface area contributed by atoms with Crippen LogP contribution in [0.2, 0.25) is 0 Å². The summed E-state index contributed by atoms with van der Waals surface area (Å²) >= 11 is 0. The lowest BCUT2D eigenvalue weighted by Crippen LogP contribution is -2.04. The largest absolute Gasteiger partial charge is 0.309 e. The van der Waals surface area contributed by atoms with Gasteiger partial charge in [-0.05, 0) is 64.7 Å². The molecule has 0 bridgehead atoms. The summed E-state index contributed by atoms with van der Waals surface area (Å²) in [6, 6.07) is 73.1. The van der Waals surface area contributed by atoms with Crippen LogP contribution in [0.1, 0.15) is 0 Å². The molecule has 8 aromatic carbocycles. The quantitative estimate of drug-likeness (QED) is 0.172. The monoisotopic (exact) mass is 714 g/mol. The number of benzene rings is 8. The van der Waals surface area contributed by atoms with E-state index in [1.807, 2.05) is 12.1 Å². The van der Waals surface area contributed by atoms with Crippen LogP contribution in [0.4, 0.5) is 0 Å². The molecule has 0 saturated heterocycles. The fourth-order valence-corrected chi connectivity index (χ4v) is 8.35. The molecule has 0 fully saturated rings. The van der Waals surface area contributed by atoms with E-state index < -0.39 is 0 Å². The second-order valence-corrected chi connectivity index (χ2v) is 14.2. The van der Waals surface area contributed by atoms with Crippen LogP contribution >= 0.6 is 0 Å². The Morgan fingerprint density at radius 2 is 0.661 bits per heavy atom.